The van der Waals surface area contributed by atoms with Crippen molar-refractivity contribution >= 4 is 17.5 Å². The minimum absolute atomic E-state index is 0.0110. The van der Waals surface area contributed by atoms with Gasteiger partial charge in [0.25, 0.3) is 0 Å². The van der Waals surface area contributed by atoms with Crippen LogP contribution < -0.4 is 20.1 Å². The summed E-state index contributed by atoms with van der Waals surface area (Å²) in [5.74, 6) is -0.470. The smallest absolute Gasteiger partial charge is 0.313 e. The van der Waals surface area contributed by atoms with Gasteiger partial charge in [0, 0.05) is 19.2 Å². The van der Waals surface area contributed by atoms with Gasteiger partial charge in [-0.2, -0.15) is 0 Å². The number of ether oxygens (including phenoxy) is 3. The Labute approximate surface area is 128 Å². The lowest BCUT2D eigenvalue weighted by Gasteiger charge is -2.13. The lowest BCUT2D eigenvalue weighted by atomic mass is 10.2. The summed E-state index contributed by atoms with van der Waals surface area (Å²) in [5, 5.41) is 5.08. The zero-order chi connectivity index (χ0) is 15.9. The molecule has 1 atom stereocenters. The molecule has 0 radical (unpaired) electrons. The highest BCUT2D eigenvalue weighted by Gasteiger charge is 2.20. The molecule has 2 N–H and O–H groups in total. The topological polar surface area (TPSA) is 85.9 Å². The number of hydrogen-bond acceptors (Lipinski definition) is 5. The molecular weight excluding hydrogens is 288 g/mol. The van der Waals surface area contributed by atoms with Crippen LogP contribution in [-0.2, 0) is 14.3 Å². The molecule has 1 aliphatic rings. The highest BCUT2D eigenvalue weighted by atomic mass is 16.5. The normalized spacial score (nSPS) is 16.9. The van der Waals surface area contributed by atoms with Crippen LogP contribution in [0.2, 0.25) is 0 Å². The van der Waals surface area contributed by atoms with Crippen LogP contribution in [0.25, 0.3) is 0 Å². The number of anilines is 1. The maximum absolute atomic E-state index is 11.9. The lowest BCUT2D eigenvalue weighted by Crippen LogP contribution is -2.39. The van der Waals surface area contributed by atoms with E-state index < -0.39 is 11.8 Å². The molecule has 0 spiro atoms. The van der Waals surface area contributed by atoms with Gasteiger partial charge in [-0.1, -0.05) is 0 Å². The number of rotatable bonds is 5. The van der Waals surface area contributed by atoms with Crippen molar-refractivity contribution in [2.45, 2.75) is 18.9 Å². The van der Waals surface area contributed by atoms with Crippen LogP contribution in [0.5, 0.6) is 11.5 Å². The highest BCUT2D eigenvalue weighted by Crippen LogP contribution is 2.28. The number of amides is 2. The third-order valence-corrected chi connectivity index (χ3v) is 3.38. The van der Waals surface area contributed by atoms with E-state index in [1.54, 1.807) is 18.2 Å². The Hall–Kier alpha value is -2.28. The molecule has 7 nitrogen and oxygen atoms in total. The molecular formula is C15H20N2O5. The van der Waals surface area contributed by atoms with Gasteiger partial charge in [-0.3, -0.25) is 9.59 Å². The van der Waals surface area contributed by atoms with E-state index >= 15 is 0 Å². The zero-order valence-corrected chi connectivity index (χ0v) is 12.7. The molecule has 0 aliphatic carbocycles. The van der Waals surface area contributed by atoms with Gasteiger partial charge >= 0.3 is 11.8 Å². The molecule has 1 aromatic carbocycles. The van der Waals surface area contributed by atoms with Crippen molar-refractivity contribution in [3.63, 3.8) is 0 Å². The molecule has 1 heterocycles. The fourth-order valence-corrected chi connectivity index (χ4v) is 2.18. The summed E-state index contributed by atoms with van der Waals surface area (Å²) in [6.45, 7) is 1.04. The fourth-order valence-electron chi connectivity index (χ4n) is 2.18. The van der Waals surface area contributed by atoms with Crippen molar-refractivity contribution < 1.29 is 23.8 Å². The monoisotopic (exact) mass is 308 g/mol. The van der Waals surface area contributed by atoms with E-state index in [1.165, 1.54) is 14.2 Å². The molecule has 1 aliphatic heterocycles. The van der Waals surface area contributed by atoms with E-state index in [0.717, 1.165) is 12.8 Å². The summed E-state index contributed by atoms with van der Waals surface area (Å²) in [6.07, 6.45) is 1.86. The SMILES string of the molecule is COc1ccc(OC)c(NC(=O)C(=O)NCC2CCCO2)c1. The first-order valence-electron chi connectivity index (χ1n) is 7.07. The van der Waals surface area contributed by atoms with E-state index in [2.05, 4.69) is 10.6 Å². The van der Waals surface area contributed by atoms with Crippen LogP contribution >= 0.6 is 0 Å². The van der Waals surface area contributed by atoms with Gasteiger partial charge in [-0.05, 0) is 25.0 Å². The number of hydrogen-bond donors (Lipinski definition) is 2. The Morgan fingerprint density at radius 1 is 1.27 bits per heavy atom. The van der Waals surface area contributed by atoms with Crippen LogP contribution in [-0.4, -0.2) is 45.3 Å². The standard InChI is InChI=1S/C15H20N2O5/c1-20-10-5-6-13(21-2)12(8-10)17-15(19)14(18)16-9-11-4-3-7-22-11/h5-6,8,11H,3-4,7,9H2,1-2H3,(H,16,18)(H,17,19). The molecule has 2 amide bonds. The summed E-state index contributed by atoms with van der Waals surface area (Å²) < 4.78 is 15.6. The second-order valence-electron chi connectivity index (χ2n) is 4.87. The van der Waals surface area contributed by atoms with Gasteiger partial charge in [0.15, 0.2) is 0 Å². The van der Waals surface area contributed by atoms with E-state index in [4.69, 9.17) is 14.2 Å². The molecule has 1 fully saturated rings. The minimum Gasteiger partial charge on any atom is -0.497 e. The van der Waals surface area contributed by atoms with Crippen molar-refractivity contribution in [3.8, 4) is 11.5 Å². The van der Waals surface area contributed by atoms with Crippen molar-refractivity contribution in [3.05, 3.63) is 18.2 Å². The Kier molecular flexibility index (Phi) is 5.60. The van der Waals surface area contributed by atoms with Gasteiger partial charge < -0.3 is 24.8 Å². The lowest BCUT2D eigenvalue weighted by molar-refractivity contribution is -0.136. The van der Waals surface area contributed by atoms with Crippen LogP contribution in [0.4, 0.5) is 5.69 Å². The van der Waals surface area contributed by atoms with Crippen molar-refractivity contribution in [2.24, 2.45) is 0 Å². The van der Waals surface area contributed by atoms with Crippen molar-refractivity contribution in [1.29, 1.82) is 0 Å². The second-order valence-corrected chi connectivity index (χ2v) is 4.87. The van der Waals surface area contributed by atoms with Gasteiger partial charge in [0.05, 0.1) is 26.0 Å². The number of benzene rings is 1. The van der Waals surface area contributed by atoms with Gasteiger partial charge in [-0.15, -0.1) is 0 Å². The summed E-state index contributed by atoms with van der Waals surface area (Å²) in [5.41, 5.74) is 0.374. The van der Waals surface area contributed by atoms with E-state index in [1.807, 2.05) is 0 Å². The number of nitrogens with one attached hydrogen (secondary N) is 2. The number of carbonyl (C=O) groups is 2. The first-order valence-corrected chi connectivity index (χ1v) is 7.07. The molecule has 7 heteroatoms. The summed E-state index contributed by atoms with van der Waals surface area (Å²) in [6, 6.07) is 4.94. The average Bonchev–Trinajstić information content (AvgIpc) is 3.05. The van der Waals surface area contributed by atoms with Gasteiger partial charge in [-0.25, -0.2) is 0 Å². The molecule has 1 aromatic rings. The fraction of sp³-hybridized carbons (Fsp3) is 0.467. The number of methoxy groups -OCH3 is 2. The third kappa shape index (κ3) is 4.11. The van der Waals surface area contributed by atoms with E-state index in [0.29, 0.717) is 30.3 Å². The predicted octanol–water partition coefficient (Wildman–Crippen LogP) is 0.937. The summed E-state index contributed by atoms with van der Waals surface area (Å²) in [7, 11) is 3.00. The van der Waals surface area contributed by atoms with Crippen molar-refractivity contribution in [1.82, 2.24) is 5.32 Å². The van der Waals surface area contributed by atoms with Crippen LogP contribution in [0, 0.1) is 0 Å². The van der Waals surface area contributed by atoms with Crippen LogP contribution in [0.15, 0.2) is 18.2 Å². The Morgan fingerprint density at radius 3 is 2.73 bits per heavy atom. The number of carbonyl (C=O) groups excluding carboxylic acids is 2. The molecule has 0 saturated carbocycles. The molecule has 2 rings (SSSR count). The van der Waals surface area contributed by atoms with Gasteiger partial charge in [0.1, 0.15) is 11.5 Å². The molecule has 120 valence electrons. The minimum atomic E-state index is -0.760. The Balaban J connectivity index is 1.93. The molecule has 22 heavy (non-hydrogen) atoms. The van der Waals surface area contributed by atoms with Gasteiger partial charge in [0.2, 0.25) is 0 Å². The van der Waals surface area contributed by atoms with Crippen LogP contribution in [0.1, 0.15) is 12.8 Å². The third-order valence-electron chi connectivity index (χ3n) is 3.38. The van der Waals surface area contributed by atoms with Crippen molar-refractivity contribution in [2.75, 3.05) is 32.7 Å². The summed E-state index contributed by atoms with van der Waals surface area (Å²) in [4.78, 5) is 23.7. The highest BCUT2D eigenvalue weighted by molar-refractivity contribution is 6.39. The molecule has 1 unspecified atom stereocenters. The Morgan fingerprint density at radius 2 is 2.09 bits per heavy atom. The van der Waals surface area contributed by atoms with E-state index in [-0.39, 0.29) is 6.10 Å². The first-order chi connectivity index (χ1) is 10.6. The maximum atomic E-state index is 11.9. The molecule has 0 aromatic heterocycles. The molecule has 0 bridgehead atoms. The second kappa shape index (κ2) is 7.65. The van der Waals surface area contributed by atoms with E-state index in [9.17, 15) is 9.59 Å². The summed E-state index contributed by atoms with van der Waals surface area (Å²) >= 11 is 0. The molecule has 1 saturated heterocycles. The zero-order valence-electron chi connectivity index (χ0n) is 12.7. The quantitative estimate of drug-likeness (QED) is 0.791. The largest absolute Gasteiger partial charge is 0.497 e. The van der Waals surface area contributed by atoms with Crippen LogP contribution in [0.3, 0.4) is 0 Å². The Bertz CT molecular complexity index is 541. The average molecular weight is 308 g/mol. The maximum Gasteiger partial charge on any atom is 0.313 e. The predicted molar refractivity (Wildman–Crippen MR) is 80.2 cm³/mol. The first kappa shape index (κ1) is 16.1.